The first kappa shape index (κ1) is 21.1. The van der Waals surface area contributed by atoms with Crippen LogP contribution >= 0.6 is 0 Å². The molecule has 0 aromatic rings. The fourth-order valence-corrected chi connectivity index (χ4v) is 2.07. The van der Waals surface area contributed by atoms with E-state index in [1.807, 2.05) is 0 Å². The third-order valence-electron chi connectivity index (χ3n) is 3.52. The van der Waals surface area contributed by atoms with Crippen molar-refractivity contribution in [3.63, 3.8) is 0 Å². The van der Waals surface area contributed by atoms with Crippen LogP contribution in [0.25, 0.3) is 0 Å². The van der Waals surface area contributed by atoms with Gasteiger partial charge >= 0.3 is 5.97 Å². The number of carbonyl (C=O) groups is 1. The summed E-state index contributed by atoms with van der Waals surface area (Å²) in [5.74, 6) is -0.981. The number of hydrogen-bond donors (Lipinski definition) is 1. The summed E-state index contributed by atoms with van der Waals surface area (Å²) in [7, 11) is 0. The second-order valence-electron chi connectivity index (χ2n) is 5.75. The molecule has 0 aromatic heterocycles. The predicted molar refractivity (Wildman–Crippen MR) is 90.2 cm³/mol. The topological polar surface area (TPSA) is 59.1 Å². The summed E-state index contributed by atoms with van der Waals surface area (Å²) in [6.45, 7) is 7.89. The van der Waals surface area contributed by atoms with Gasteiger partial charge in [-0.25, -0.2) is 4.79 Å². The van der Waals surface area contributed by atoms with Gasteiger partial charge in [-0.1, -0.05) is 71.3 Å². The first-order chi connectivity index (χ1) is 10.7. The van der Waals surface area contributed by atoms with Crippen molar-refractivity contribution >= 4 is 5.97 Å². The van der Waals surface area contributed by atoms with Gasteiger partial charge in [0, 0.05) is 12.7 Å². The summed E-state index contributed by atoms with van der Waals surface area (Å²) in [4.78, 5) is 9.25. The van der Waals surface area contributed by atoms with E-state index in [-0.39, 0.29) is 0 Å². The zero-order valence-electron chi connectivity index (χ0n) is 14.2. The maximum atomic E-state index is 9.25. The lowest BCUT2D eigenvalue weighted by Gasteiger charge is -2.03. The van der Waals surface area contributed by atoms with E-state index in [1.54, 1.807) is 0 Å². The Hall–Kier alpha value is -0.870. The molecule has 0 spiro atoms. The molecule has 1 aliphatic rings. The fraction of sp³-hybridized carbons (Fsp3) is 0.833. The Kier molecular flexibility index (Phi) is 15.8. The Morgan fingerprint density at radius 1 is 1.14 bits per heavy atom. The smallest absolute Gasteiger partial charge is 0.327 e. The minimum absolute atomic E-state index is 0.429. The van der Waals surface area contributed by atoms with Crippen molar-refractivity contribution in [3.05, 3.63) is 12.7 Å². The average Bonchev–Trinajstić information content (AvgIpc) is 3.33. The maximum Gasteiger partial charge on any atom is 0.327 e. The lowest BCUT2D eigenvalue weighted by molar-refractivity contribution is -0.131. The van der Waals surface area contributed by atoms with Crippen molar-refractivity contribution in [1.82, 2.24) is 0 Å². The Balaban J connectivity index is 0.000000763. The molecular formula is C18H34O4. The van der Waals surface area contributed by atoms with E-state index in [9.17, 15) is 4.79 Å². The van der Waals surface area contributed by atoms with Crippen LogP contribution in [0.15, 0.2) is 12.7 Å². The molecule has 4 nitrogen and oxygen atoms in total. The molecule has 0 aromatic carbocycles. The maximum absolute atomic E-state index is 9.25. The Morgan fingerprint density at radius 2 is 1.59 bits per heavy atom. The van der Waals surface area contributed by atoms with Gasteiger partial charge in [-0.15, -0.1) is 0 Å². The first-order valence-electron chi connectivity index (χ1n) is 8.75. The van der Waals surface area contributed by atoms with Gasteiger partial charge in [-0.05, 0) is 6.42 Å². The number of unbranched alkanes of at least 4 members (excludes halogenated alkanes) is 9. The monoisotopic (exact) mass is 314 g/mol. The third-order valence-corrected chi connectivity index (χ3v) is 3.52. The minimum atomic E-state index is -0.981. The summed E-state index contributed by atoms with van der Waals surface area (Å²) in [5.41, 5.74) is 0. The molecule has 0 aliphatic carbocycles. The molecule has 1 rings (SSSR count). The normalized spacial score (nSPS) is 15.8. The van der Waals surface area contributed by atoms with Crippen LogP contribution in [0.3, 0.4) is 0 Å². The number of carboxylic acids is 1. The van der Waals surface area contributed by atoms with E-state index in [0.29, 0.717) is 6.10 Å². The summed E-state index contributed by atoms with van der Waals surface area (Å²) < 4.78 is 10.6. The zero-order valence-corrected chi connectivity index (χ0v) is 14.2. The van der Waals surface area contributed by atoms with E-state index >= 15 is 0 Å². The number of epoxide rings is 1. The van der Waals surface area contributed by atoms with E-state index in [0.717, 1.165) is 25.9 Å². The molecule has 1 heterocycles. The number of rotatable bonds is 14. The van der Waals surface area contributed by atoms with Crippen LogP contribution in [0.4, 0.5) is 0 Å². The number of carboxylic acid groups (broad SMARTS) is 1. The van der Waals surface area contributed by atoms with Crippen molar-refractivity contribution < 1.29 is 19.4 Å². The molecule has 0 radical (unpaired) electrons. The molecule has 1 saturated heterocycles. The molecule has 1 N–H and O–H groups in total. The minimum Gasteiger partial charge on any atom is -0.478 e. The first-order valence-corrected chi connectivity index (χ1v) is 8.75. The Morgan fingerprint density at radius 3 is 2.00 bits per heavy atom. The Bertz CT molecular complexity index is 262. The molecule has 0 bridgehead atoms. The molecule has 1 aliphatic heterocycles. The van der Waals surface area contributed by atoms with Crippen LogP contribution in [-0.2, 0) is 14.3 Å². The van der Waals surface area contributed by atoms with Gasteiger partial charge in [0.2, 0.25) is 0 Å². The van der Waals surface area contributed by atoms with Gasteiger partial charge in [0.1, 0.15) is 6.10 Å². The van der Waals surface area contributed by atoms with Crippen LogP contribution in [0.2, 0.25) is 0 Å². The summed E-state index contributed by atoms with van der Waals surface area (Å²) in [6.07, 6.45) is 15.1. The second-order valence-corrected chi connectivity index (χ2v) is 5.75. The molecule has 0 saturated carbocycles. The highest BCUT2D eigenvalue weighted by Crippen LogP contribution is 2.11. The van der Waals surface area contributed by atoms with Crippen LogP contribution in [0.1, 0.15) is 71.1 Å². The molecule has 1 fully saturated rings. The van der Waals surface area contributed by atoms with Gasteiger partial charge in [0.05, 0.1) is 13.2 Å². The summed E-state index contributed by atoms with van der Waals surface area (Å²) >= 11 is 0. The van der Waals surface area contributed by atoms with Crippen molar-refractivity contribution in [2.24, 2.45) is 0 Å². The highest BCUT2D eigenvalue weighted by atomic mass is 16.6. The van der Waals surface area contributed by atoms with Gasteiger partial charge < -0.3 is 14.6 Å². The van der Waals surface area contributed by atoms with Crippen molar-refractivity contribution in [2.75, 3.05) is 19.8 Å². The number of aliphatic carboxylic acids is 1. The van der Waals surface area contributed by atoms with E-state index in [1.165, 1.54) is 64.2 Å². The van der Waals surface area contributed by atoms with Crippen LogP contribution in [0.5, 0.6) is 0 Å². The number of ether oxygens (including phenoxy) is 2. The van der Waals surface area contributed by atoms with E-state index in [2.05, 4.69) is 13.5 Å². The SMILES string of the molecule is C=CC(=O)O.CCCCCCCCCCCCOCC1CO1. The Labute approximate surface area is 135 Å². The predicted octanol–water partition coefficient (Wildman–Crippen LogP) is 4.58. The standard InChI is InChI=1S/C15H30O2.C3H4O2/c1-2-3-4-5-6-7-8-9-10-11-12-16-13-15-14-17-15;1-2-3(4)5/h15H,2-14H2,1H3;2H,1H2,(H,4,5). The van der Waals surface area contributed by atoms with Gasteiger partial charge in [0.25, 0.3) is 0 Å². The van der Waals surface area contributed by atoms with Crippen molar-refractivity contribution in [3.8, 4) is 0 Å². The molecule has 22 heavy (non-hydrogen) atoms. The summed E-state index contributed by atoms with van der Waals surface area (Å²) in [6, 6.07) is 0. The third kappa shape index (κ3) is 19.1. The molecule has 1 atom stereocenters. The molecule has 4 heteroatoms. The molecule has 0 amide bonds. The molecule has 130 valence electrons. The van der Waals surface area contributed by atoms with Crippen molar-refractivity contribution in [2.45, 2.75) is 77.2 Å². The second kappa shape index (κ2) is 16.5. The van der Waals surface area contributed by atoms with Gasteiger partial charge in [-0.2, -0.15) is 0 Å². The highest BCUT2D eigenvalue weighted by molar-refractivity contribution is 5.78. The lowest BCUT2D eigenvalue weighted by Crippen LogP contribution is -2.02. The zero-order chi connectivity index (χ0) is 16.5. The van der Waals surface area contributed by atoms with E-state index < -0.39 is 5.97 Å². The lowest BCUT2D eigenvalue weighted by atomic mass is 10.1. The van der Waals surface area contributed by atoms with Crippen LogP contribution in [0, 0.1) is 0 Å². The fourth-order valence-electron chi connectivity index (χ4n) is 2.07. The highest BCUT2D eigenvalue weighted by Gasteiger charge is 2.21. The van der Waals surface area contributed by atoms with Gasteiger partial charge in [-0.3, -0.25) is 0 Å². The largest absolute Gasteiger partial charge is 0.478 e. The number of hydrogen-bond acceptors (Lipinski definition) is 3. The van der Waals surface area contributed by atoms with Crippen molar-refractivity contribution in [1.29, 1.82) is 0 Å². The van der Waals surface area contributed by atoms with Crippen LogP contribution in [-0.4, -0.2) is 37.0 Å². The van der Waals surface area contributed by atoms with Gasteiger partial charge in [0.15, 0.2) is 0 Å². The average molecular weight is 314 g/mol. The molecular weight excluding hydrogens is 280 g/mol. The van der Waals surface area contributed by atoms with E-state index in [4.69, 9.17) is 14.6 Å². The molecule has 1 unspecified atom stereocenters. The summed E-state index contributed by atoms with van der Waals surface area (Å²) in [5, 5.41) is 7.60. The van der Waals surface area contributed by atoms with Crippen LogP contribution < -0.4 is 0 Å². The quantitative estimate of drug-likeness (QED) is 0.290.